The summed E-state index contributed by atoms with van der Waals surface area (Å²) in [5.74, 6) is 0. The SMILES string of the molecule is C[Si](C)([C]1[CH][CH][CH][CH]1)[C]1[CH][CH][CH][CH]1.C[Si](C)([C]1[CH][CH][CH][CH]1)[C]1[CH][CH][CH][CH]1.C[Si](C)[C]1[CH][CH][CH][CH]1.C[Si](C)[C]1[CH][CH][CH][CH]1.[Fe+2].[Fe+2].[Fe+2]. The number of hydrogen-bond acceptors (Lipinski definition) is 0. The molecule has 0 bridgehead atoms. The second-order valence-electron chi connectivity index (χ2n) is 12.3. The van der Waals surface area contributed by atoms with Crippen molar-refractivity contribution in [1.29, 1.82) is 0 Å². The van der Waals surface area contributed by atoms with Crippen LogP contribution in [0, 0.1) is 187 Å². The molecule has 0 N–H and O–H groups in total. The van der Waals surface area contributed by atoms with E-state index in [0.29, 0.717) is 0 Å². The predicted octanol–water partition coefficient (Wildman–Crippen LogP) is 8.53. The third-order valence-corrected chi connectivity index (χ3v) is 18.1. The van der Waals surface area contributed by atoms with Crippen LogP contribution in [0.1, 0.15) is 0 Å². The Morgan fingerprint density at radius 1 is 0.311 bits per heavy atom. The molecule has 7 heteroatoms. The quantitative estimate of drug-likeness (QED) is 0.237. The Labute approximate surface area is 322 Å². The maximum Gasteiger partial charge on any atom is 2.00 e. The summed E-state index contributed by atoms with van der Waals surface area (Å²) in [6.07, 6.45) is 52.3. The van der Waals surface area contributed by atoms with Gasteiger partial charge in [0.15, 0.2) is 0 Å². The first-order valence-electron chi connectivity index (χ1n) is 15.0. The molecule has 0 aromatic heterocycles. The summed E-state index contributed by atoms with van der Waals surface area (Å²) in [5.41, 5.74) is 9.18. The molecule has 32 radical (unpaired) electrons. The zero-order valence-corrected chi connectivity index (χ0v) is 35.2. The van der Waals surface area contributed by atoms with Crippen molar-refractivity contribution in [3.05, 3.63) is 187 Å². The van der Waals surface area contributed by atoms with Crippen molar-refractivity contribution in [2.45, 2.75) is 52.4 Å². The monoisotopic (exact) mass is 784 g/mol. The minimum Gasteiger partial charge on any atom is -0.0708 e. The van der Waals surface area contributed by atoms with E-state index in [9.17, 15) is 0 Å². The van der Waals surface area contributed by atoms with Crippen LogP contribution in [0.2, 0.25) is 52.4 Å². The van der Waals surface area contributed by atoms with Crippen molar-refractivity contribution >= 4 is 33.7 Å². The third kappa shape index (κ3) is 15.7. The van der Waals surface area contributed by atoms with E-state index >= 15 is 0 Å². The number of hydrogen-bond donors (Lipinski definition) is 0. The van der Waals surface area contributed by atoms with Gasteiger partial charge in [-0.25, -0.2) is 0 Å². The van der Waals surface area contributed by atoms with E-state index in [0.717, 1.165) is 0 Å². The van der Waals surface area contributed by atoms with Crippen molar-refractivity contribution in [2.75, 3.05) is 0 Å². The molecule has 0 aromatic carbocycles. The Bertz CT molecular complexity index is 600. The van der Waals surface area contributed by atoms with Gasteiger partial charge in [0.25, 0.3) is 0 Å². The van der Waals surface area contributed by atoms with E-state index in [1.165, 1.54) is 33.2 Å². The Balaban J connectivity index is 0.000000575. The molecule has 0 spiro atoms. The molecular formula is C38H48Fe3Si4+6. The first kappa shape index (κ1) is 47.4. The summed E-state index contributed by atoms with van der Waals surface area (Å²) in [7, 11) is -3.04. The first-order valence-corrected chi connectivity index (χ1v) is 26.0. The van der Waals surface area contributed by atoms with Crippen LogP contribution in [0.15, 0.2) is 0 Å². The van der Waals surface area contributed by atoms with Crippen LogP contribution in [0.3, 0.4) is 0 Å². The van der Waals surface area contributed by atoms with Crippen LogP contribution >= 0.6 is 0 Å². The molecule has 0 unspecified atom stereocenters. The van der Waals surface area contributed by atoms with E-state index in [1.54, 1.807) is 0 Å². The van der Waals surface area contributed by atoms with E-state index in [2.05, 4.69) is 206 Å². The Morgan fingerprint density at radius 3 is 0.600 bits per heavy atom. The van der Waals surface area contributed by atoms with Gasteiger partial charge in [-0.15, -0.1) is 0 Å². The van der Waals surface area contributed by atoms with Gasteiger partial charge in [-0.2, -0.15) is 0 Å². The van der Waals surface area contributed by atoms with E-state index in [1.807, 2.05) is 0 Å². The molecule has 0 atom stereocenters. The molecule has 6 rings (SSSR count). The molecule has 0 nitrogen and oxygen atoms in total. The van der Waals surface area contributed by atoms with Crippen molar-refractivity contribution in [1.82, 2.24) is 0 Å². The molecule has 0 aliphatic heterocycles. The van der Waals surface area contributed by atoms with Crippen LogP contribution in [-0.2, 0) is 51.2 Å². The second-order valence-corrected chi connectivity index (χ2v) is 26.3. The van der Waals surface area contributed by atoms with Crippen molar-refractivity contribution in [3.8, 4) is 0 Å². The van der Waals surface area contributed by atoms with Crippen LogP contribution in [0.4, 0.5) is 0 Å². The Kier molecular flexibility index (Phi) is 25.9. The average Bonchev–Trinajstić information content (AvgIpc) is 3.84. The minimum absolute atomic E-state index is 0. The van der Waals surface area contributed by atoms with Gasteiger partial charge in [0.05, 0.1) is 16.1 Å². The zero-order valence-electron chi connectivity index (χ0n) is 27.9. The second kappa shape index (κ2) is 24.6. The van der Waals surface area contributed by atoms with Crippen molar-refractivity contribution < 1.29 is 51.2 Å². The van der Waals surface area contributed by atoms with E-state index in [-0.39, 0.29) is 68.8 Å². The summed E-state index contributed by atoms with van der Waals surface area (Å²) >= 11 is 0. The molecule has 0 amide bonds. The fraction of sp³-hybridized carbons (Fsp3) is 0.211. The van der Waals surface area contributed by atoms with Gasteiger partial charge >= 0.3 is 51.2 Å². The zero-order chi connectivity index (χ0) is 30.6. The molecule has 6 fully saturated rings. The van der Waals surface area contributed by atoms with Crippen LogP contribution in [0.25, 0.3) is 0 Å². The molecule has 6 aliphatic rings. The Hall–Kier alpha value is 2.43. The molecule has 0 saturated heterocycles. The minimum atomic E-state index is -1.35. The van der Waals surface area contributed by atoms with Gasteiger partial charge in [0, 0.05) is 17.6 Å². The molecule has 6 aliphatic carbocycles. The fourth-order valence-corrected chi connectivity index (χ4v) is 11.4. The van der Waals surface area contributed by atoms with Crippen LogP contribution in [0.5, 0.6) is 0 Å². The van der Waals surface area contributed by atoms with Crippen LogP contribution < -0.4 is 0 Å². The van der Waals surface area contributed by atoms with Gasteiger partial charge in [0.2, 0.25) is 0 Å². The largest absolute Gasteiger partial charge is 2.00 e. The van der Waals surface area contributed by atoms with Gasteiger partial charge < -0.3 is 0 Å². The standard InChI is InChI=1S/2C12H14Si.2C7H10Si.3Fe/c2*1-13(2,11-7-3-4-8-11)12-9-5-6-10-12;2*1-8(2)7-5-3-4-6-7;;;/h2*3-10H,1-2H3;2*3-6H,1-2H3;;;/q;;;;3*+2. The molecule has 6 saturated carbocycles. The molecular weight excluding hydrogens is 736 g/mol. The van der Waals surface area contributed by atoms with Crippen molar-refractivity contribution in [3.63, 3.8) is 0 Å². The summed E-state index contributed by atoms with van der Waals surface area (Å²) in [4.78, 5) is 0. The predicted molar refractivity (Wildman–Crippen MR) is 193 cm³/mol. The van der Waals surface area contributed by atoms with Crippen LogP contribution in [-0.4, -0.2) is 33.7 Å². The first-order chi connectivity index (χ1) is 20.0. The van der Waals surface area contributed by atoms with Gasteiger partial charge in [0.1, 0.15) is 0 Å². The number of rotatable bonds is 6. The third-order valence-electron chi connectivity index (χ3n) is 8.02. The topological polar surface area (TPSA) is 0 Å². The van der Waals surface area contributed by atoms with Gasteiger partial charge in [-0.3, -0.25) is 0 Å². The smallest absolute Gasteiger partial charge is 0.0708 e. The maximum absolute atomic E-state index is 2.40. The van der Waals surface area contributed by atoms with Crippen molar-refractivity contribution in [2.24, 2.45) is 0 Å². The summed E-state index contributed by atoms with van der Waals surface area (Å²) in [5, 5.41) is 0. The van der Waals surface area contributed by atoms with Gasteiger partial charge in [-0.05, 0) is 187 Å². The normalized spacial score (nSPS) is 23.9. The van der Waals surface area contributed by atoms with E-state index < -0.39 is 16.1 Å². The summed E-state index contributed by atoms with van der Waals surface area (Å²) < 4.78 is 0. The van der Waals surface area contributed by atoms with E-state index in [4.69, 9.17) is 0 Å². The molecule has 45 heavy (non-hydrogen) atoms. The average molecular weight is 785 g/mol. The van der Waals surface area contributed by atoms with Gasteiger partial charge in [-0.1, -0.05) is 52.4 Å². The summed E-state index contributed by atoms with van der Waals surface area (Å²) in [6.45, 7) is 18.8. The summed E-state index contributed by atoms with van der Waals surface area (Å²) in [6, 6.07) is 0. The molecule has 0 aromatic rings. The fourth-order valence-electron chi connectivity index (χ4n) is 4.91. The maximum atomic E-state index is 2.40. The molecule has 234 valence electrons. The molecule has 0 heterocycles. The Morgan fingerprint density at radius 2 is 0.467 bits per heavy atom.